The van der Waals surface area contributed by atoms with Crippen LogP contribution in [0.2, 0.25) is 0 Å². The summed E-state index contributed by atoms with van der Waals surface area (Å²) < 4.78 is 16.3. The summed E-state index contributed by atoms with van der Waals surface area (Å²) in [6, 6.07) is 8.54. The predicted octanol–water partition coefficient (Wildman–Crippen LogP) is 4.21. The van der Waals surface area contributed by atoms with Gasteiger partial charge in [-0.05, 0) is 66.8 Å². The van der Waals surface area contributed by atoms with Gasteiger partial charge in [0.2, 0.25) is 5.78 Å². The van der Waals surface area contributed by atoms with E-state index in [-0.39, 0.29) is 23.6 Å². The van der Waals surface area contributed by atoms with Crippen LogP contribution >= 0.6 is 0 Å². The largest absolute Gasteiger partial charge is 0.393 e. The van der Waals surface area contributed by atoms with Crippen molar-refractivity contribution in [3.8, 4) is 5.69 Å². The minimum Gasteiger partial charge on any atom is -0.393 e. The molecule has 1 aliphatic carbocycles. The maximum absolute atomic E-state index is 14.7. The second-order valence-electron chi connectivity index (χ2n) is 7.78. The SMILES string of the molecule is Cc1cnc(C(=O)/C=C/[C@H]2CCC[C@@H]2O)cc1Cc1ccc(-n2cccn2)cc1F. The first-order valence-electron chi connectivity index (χ1n) is 10.2. The lowest BCUT2D eigenvalue weighted by Gasteiger charge is -2.10. The summed E-state index contributed by atoms with van der Waals surface area (Å²) in [5, 5.41) is 14.0. The molecule has 5 nitrogen and oxygen atoms in total. The molecule has 6 heteroatoms. The minimum absolute atomic E-state index is 0.0289. The molecule has 2 heterocycles. The van der Waals surface area contributed by atoms with Crippen LogP contribution in [-0.2, 0) is 6.42 Å². The number of aryl methyl sites for hydroxylation is 1. The van der Waals surface area contributed by atoms with Gasteiger partial charge in [0.15, 0.2) is 0 Å². The fourth-order valence-electron chi connectivity index (χ4n) is 3.83. The monoisotopic (exact) mass is 405 g/mol. The summed E-state index contributed by atoms with van der Waals surface area (Å²) in [6.07, 6.45) is 11.0. The van der Waals surface area contributed by atoms with E-state index in [0.717, 1.165) is 30.4 Å². The van der Waals surface area contributed by atoms with E-state index < -0.39 is 0 Å². The van der Waals surface area contributed by atoms with Crippen LogP contribution in [0.4, 0.5) is 4.39 Å². The molecule has 0 bridgehead atoms. The number of benzene rings is 1. The van der Waals surface area contributed by atoms with Crippen molar-refractivity contribution in [3.63, 3.8) is 0 Å². The zero-order chi connectivity index (χ0) is 21.1. The third kappa shape index (κ3) is 4.39. The highest BCUT2D eigenvalue weighted by Crippen LogP contribution is 2.26. The minimum atomic E-state index is -0.372. The van der Waals surface area contributed by atoms with Gasteiger partial charge < -0.3 is 5.11 Å². The number of aliphatic hydroxyl groups excluding tert-OH is 1. The number of ketones is 1. The molecule has 2 aromatic heterocycles. The van der Waals surface area contributed by atoms with Crippen molar-refractivity contribution in [2.75, 3.05) is 0 Å². The fourth-order valence-corrected chi connectivity index (χ4v) is 3.83. The maximum atomic E-state index is 14.7. The number of carbonyl (C=O) groups excluding carboxylic acids is 1. The van der Waals surface area contributed by atoms with Crippen LogP contribution in [0.5, 0.6) is 0 Å². The molecule has 1 fully saturated rings. The van der Waals surface area contributed by atoms with Crippen molar-refractivity contribution in [2.24, 2.45) is 5.92 Å². The van der Waals surface area contributed by atoms with E-state index in [4.69, 9.17) is 0 Å². The molecular weight excluding hydrogens is 381 g/mol. The molecule has 1 saturated carbocycles. The van der Waals surface area contributed by atoms with Gasteiger partial charge in [-0.3, -0.25) is 9.78 Å². The van der Waals surface area contributed by atoms with Crippen LogP contribution in [0.15, 0.2) is 61.1 Å². The molecule has 0 aliphatic heterocycles. The van der Waals surface area contributed by atoms with Crippen molar-refractivity contribution in [1.29, 1.82) is 0 Å². The van der Waals surface area contributed by atoms with Crippen molar-refractivity contribution in [1.82, 2.24) is 14.8 Å². The van der Waals surface area contributed by atoms with E-state index in [1.54, 1.807) is 47.5 Å². The Morgan fingerprint density at radius 3 is 2.87 bits per heavy atom. The fraction of sp³-hybridized carbons (Fsp3) is 0.292. The average molecular weight is 405 g/mol. The number of allylic oxidation sites excluding steroid dienone is 1. The third-order valence-corrected chi connectivity index (χ3v) is 5.68. The molecular formula is C24H24FN3O2. The van der Waals surface area contributed by atoms with Gasteiger partial charge in [0.25, 0.3) is 0 Å². The number of aliphatic hydroxyl groups is 1. The van der Waals surface area contributed by atoms with E-state index in [9.17, 15) is 14.3 Å². The van der Waals surface area contributed by atoms with Gasteiger partial charge in [-0.1, -0.05) is 18.6 Å². The van der Waals surface area contributed by atoms with Crippen LogP contribution < -0.4 is 0 Å². The molecule has 1 aliphatic rings. The van der Waals surface area contributed by atoms with Crippen LogP contribution in [0.3, 0.4) is 0 Å². The summed E-state index contributed by atoms with van der Waals surface area (Å²) in [4.78, 5) is 16.8. The molecule has 1 N–H and O–H groups in total. The van der Waals surface area contributed by atoms with Crippen LogP contribution in [0.25, 0.3) is 5.69 Å². The number of carbonyl (C=O) groups is 1. The standard InChI is InChI=1S/C24H24FN3O2/c1-16-15-26-22(24(30)9-7-17-4-2-5-23(17)29)13-19(16)12-18-6-8-20(14-21(18)25)28-11-3-10-27-28/h3,6-11,13-15,17,23,29H,2,4-5,12H2,1H3/b9-7+/t17-,23+/m1/s1. The van der Waals surface area contributed by atoms with Gasteiger partial charge in [-0.2, -0.15) is 5.10 Å². The molecule has 2 atom stereocenters. The lowest BCUT2D eigenvalue weighted by molar-refractivity contribution is 0.104. The van der Waals surface area contributed by atoms with Crippen molar-refractivity contribution >= 4 is 5.78 Å². The van der Waals surface area contributed by atoms with Crippen LogP contribution in [-0.4, -0.2) is 31.8 Å². The molecule has 3 aromatic rings. The molecule has 0 spiro atoms. The first kappa shape index (κ1) is 20.2. The number of halogens is 1. The van der Waals surface area contributed by atoms with Gasteiger partial charge in [-0.15, -0.1) is 0 Å². The lowest BCUT2D eigenvalue weighted by atomic mass is 9.99. The van der Waals surface area contributed by atoms with Gasteiger partial charge in [0, 0.05) is 30.9 Å². The van der Waals surface area contributed by atoms with Crippen LogP contribution in [0.1, 0.15) is 46.4 Å². The maximum Gasteiger partial charge on any atom is 0.203 e. The van der Waals surface area contributed by atoms with E-state index in [2.05, 4.69) is 10.1 Å². The number of hydrogen-bond acceptors (Lipinski definition) is 4. The zero-order valence-electron chi connectivity index (χ0n) is 16.8. The lowest BCUT2D eigenvalue weighted by Crippen LogP contribution is -2.11. The van der Waals surface area contributed by atoms with Crippen molar-refractivity contribution in [3.05, 3.63) is 89.3 Å². The quantitative estimate of drug-likeness (QED) is 0.493. The van der Waals surface area contributed by atoms with E-state index in [0.29, 0.717) is 23.4 Å². The van der Waals surface area contributed by atoms with Crippen molar-refractivity contribution < 1.29 is 14.3 Å². The Bertz CT molecular complexity index is 1080. The highest BCUT2D eigenvalue weighted by atomic mass is 19.1. The van der Waals surface area contributed by atoms with Crippen molar-refractivity contribution in [2.45, 2.75) is 38.7 Å². The topological polar surface area (TPSA) is 68.0 Å². The van der Waals surface area contributed by atoms with Crippen LogP contribution in [0, 0.1) is 18.7 Å². The molecule has 0 radical (unpaired) electrons. The molecule has 4 rings (SSSR count). The predicted molar refractivity (Wildman–Crippen MR) is 112 cm³/mol. The number of hydrogen-bond donors (Lipinski definition) is 1. The molecule has 154 valence electrons. The van der Waals surface area contributed by atoms with Gasteiger partial charge in [-0.25, -0.2) is 9.07 Å². The number of nitrogens with zero attached hydrogens (tertiary/aromatic N) is 3. The van der Waals surface area contributed by atoms with E-state index in [1.807, 2.05) is 13.0 Å². The Morgan fingerprint density at radius 2 is 2.17 bits per heavy atom. The third-order valence-electron chi connectivity index (χ3n) is 5.68. The Balaban J connectivity index is 1.52. The molecule has 0 amide bonds. The first-order chi connectivity index (χ1) is 14.5. The Labute approximate surface area is 174 Å². The summed E-state index contributed by atoms with van der Waals surface area (Å²) in [6.45, 7) is 1.90. The highest BCUT2D eigenvalue weighted by molar-refractivity contribution is 6.03. The smallest absolute Gasteiger partial charge is 0.203 e. The Hall–Kier alpha value is -3.12. The normalized spacial score (nSPS) is 18.9. The average Bonchev–Trinajstić information content (AvgIpc) is 3.41. The highest BCUT2D eigenvalue weighted by Gasteiger charge is 2.23. The summed E-state index contributed by atoms with van der Waals surface area (Å²) in [5.41, 5.74) is 3.28. The summed E-state index contributed by atoms with van der Waals surface area (Å²) in [7, 11) is 0. The Kier molecular flexibility index (Phi) is 5.86. The van der Waals surface area contributed by atoms with Gasteiger partial charge in [0.05, 0.1) is 11.8 Å². The number of pyridine rings is 1. The van der Waals surface area contributed by atoms with E-state index >= 15 is 0 Å². The molecule has 0 unspecified atom stereocenters. The number of aromatic nitrogens is 3. The van der Waals surface area contributed by atoms with Gasteiger partial charge in [0.1, 0.15) is 11.5 Å². The summed E-state index contributed by atoms with van der Waals surface area (Å²) in [5.74, 6) is -0.492. The van der Waals surface area contributed by atoms with Gasteiger partial charge >= 0.3 is 0 Å². The first-order valence-corrected chi connectivity index (χ1v) is 10.2. The second kappa shape index (κ2) is 8.71. The van der Waals surface area contributed by atoms with E-state index in [1.165, 1.54) is 12.1 Å². The zero-order valence-corrected chi connectivity index (χ0v) is 16.8. The molecule has 30 heavy (non-hydrogen) atoms. The number of rotatable bonds is 6. The summed E-state index contributed by atoms with van der Waals surface area (Å²) >= 11 is 0. The molecule has 1 aromatic carbocycles. The molecule has 0 saturated heterocycles. The second-order valence-corrected chi connectivity index (χ2v) is 7.78. The Morgan fingerprint density at radius 1 is 1.30 bits per heavy atom.